The maximum absolute atomic E-state index is 11.7. The maximum atomic E-state index is 11.7. The highest BCUT2D eigenvalue weighted by Gasteiger charge is 2.40. The maximum Gasteiger partial charge on any atom is 0.309 e. The second kappa shape index (κ2) is 4.79. The van der Waals surface area contributed by atoms with Crippen molar-refractivity contribution in [1.82, 2.24) is 0 Å². The highest BCUT2D eigenvalue weighted by atomic mass is 16.5. The number of carbonyl (C=O) groups excluding carboxylic acids is 1. The summed E-state index contributed by atoms with van der Waals surface area (Å²) in [6, 6.07) is 0. The number of carbonyl (C=O) groups is 1. The van der Waals surface area contributed by atoms with Crippen LogP contribution in [0.1, 0.15) is 19.3 Å². The fourth-order valence-electron chi connectivity index (χ4n) is 2.53. The van der Waals surface area contributed by atoms with Crippen molar-refractivity contribution in [2.24, 2.45) is 17.8 Å². The first-order valence-electron chi connectivity index (χ1n) is 5.65. The number of allylic oxidation sites excluding steroid dienone is 2. The van der Waals surface area contributed by atoms with E-state index in [4.69, 9.17) is 9.47 Å². The van der Waals surface area contributed by atoms with Crippen molar-refractivity contribution < 1.29 is 14.3 Å². The van der Waals surface area contributed by atoms with E-state index < -0.39 is 0 Å². The molecule has 0 saturated heterocycles. The minimum atomic E-state index is -0.0112. The molecule has 0 heterocycles. The van der Waals surface area contributed by atoms with Gasteiger partial charge in [0.15, 0.2) is 0 Å². The third-order valence-electron chi connectivity index (χ3n) is 3.32. The van der Waals surface area contributed by atoms with Crippen molar-refractivity contribution in [2.45, 2.75) is 19.3 Å². The summed E-state index contributed by atoms with van der Waals surface area (Å²) in [5.41, 5.74) is 0. The third-order valence-corrected chi connectivity index (χ3v) is 3.32. The Morgan fingerprint density at radius 1 is 1.33 bits per heavy atom. The minimum absolute atomic E-state index is 0.0112. The molecule has 2 unspecified atom stereocenters. The molecule has 1 fully saturated rings. The lowest BCUT2D eigenvalue weighted by Crippen LogP contribution is -2.22. The number of rotatable bonds is 5. The molecular formula is C12H18O3. The summed E-state index contributed by atoms with van der Waals surface area (Å²) in [4.78, 5) is 11.7. The van der Waals surface area contributed by atoms with Crippen LogP contribution in [-0.2, 0) is 14.3 Å². The first kappa shape index (κ1) is 10.7. The molecule has 3 nitrogen and oxygen atoms in total. The van der Waals surface area contributed by atoms with Crippen LogP contribution < -0.4 is 0 Å². The Labute approximate surface area is 90.4 Å². The van der Waals surface area contributed by atoms with Gasteiger partial charge >= 0.3 is 5.97 Å². The fourth-order valence-corrected chi connectivity index (χ4v) is 2.53. The van der Waals surface area contributed by atoms with E-state index in [1.165, 1.54) is 0 Å². The van der Waals surface area contributed by atoms with Crippen LogP contribution in [0.3, 0.4) is 0 Å². The summed E-state index contributed by atoms with van der Waals surface area (Å²) in [5, 5.41) is 0. The normalized spacial score (nSPS) is 32.2. The first-order chi connectivity index (χ1) is 7.31. The average molecular weight is 210 g/mol. The molecule has 2 aliphatic carbocycles. The molecule has 0 aromatic heterocycles. The van der Waals surface area contributed by atoms with E-state index in [2.05, 4.69) is 12.2 Å². The lowest BCUT2D eigenvalue weighted by molar-refractivity contribution is -0.149. The molecule has 0 N–H and O–H groups in total. The summed E-state index contributed by atoms with van der Waals surface area (Å²) in [7, 11) is 1.66. The van der Waals surface area contributed by atoms with Gasteiger partial charge in [0.1, 0.15) is 0 Å². The van der Waals surface area contributed by atoms with Crippen LogP contribution in [0.2, 0.25) is 0 Å². The van der Waals surface area contributed by atoms with Crippen LogP contribution >= 0.6 is 0 Å². The van der Waals surface area contributed by atoms with Gasteiger partial charge in [-0.3, -0.25) is 4.79 Å². The molecule has 3 heteroatoms. The van der Waals surface area contributed by atoms with Crippen LogP contribution in [0, 0.1) is 17.8 Å². The van der Waals surface area contributed by atoms with Crippen molar-refractivity contribution in [2.75, 3.05) is 20.3 Å². The number of fused-ring (bicyclic) bond motifs is 2. The second-order valence-electron chi connectivity index (χ2n) is 4.40. The lowest BCUT2D eigenvalue weighted by Gasteiger charge is -2.16. The van der Waals surface area contributed by atoms with Gasteiger partial charge in [0, 0.05) is 20.1 Å². The first-order valence-corrected chi connectivity index (χ1v) is 5.65. The zero-order valence-electron chi connectivity index (χ0n) is 9.15. The molecule has 0 aliphatic heterocycles. The molecule has 0 aromatic rings. The summed E-state index contributed by atoms with van der Waals surface area (Å²) in [6.45, 7) is 1.15. The van der Waals surface area contributed by atoms with Crippen molar-refractivity contribution >= 4 is 5.97 Å². The molecule has 0 amide bonds. The van der Waals surface area contributed by atoms with E-state index in [1.54, 1.807) is 7.11 Å². The zero-order valence-corrected chi connectivity index (χ0v) is 9.15. The Hall–Kier alpha value is -0.830. The van der Waals surface area contributed by atoms with Gasteiger partial charge in [-0.1, -0.05) is 12.2 Å². The van der Waals surface area contributed by atoms with E-state index >= 15 is 0 Å². The fraction of sp³-hybridized carbons (Fsp3) is 0.750. The molecule has 1 saturated carbocycles. The number of methoxy groups -OCH3 is 1. The summed E-state index contributed by atoms with van der Waals surface area (Å²) in [5.74, 6) is 1.20. The molecule has 2 rings (SSSR count). The quantitative estimate of drug-likeness (QED) is 0.394. The Balaban J connectivity index is 1.70. The summed E-state index contributed by atoms with van der Waals surface area (Å²) in [6.07, 6.45) is 7.34. The molecule has 0 spiro atoms. The molecular weight excluding hydrogens is 192 g/mol. The molecule has 2 aliphatic rings. The topological polar surface area (TPSA) is 35.5 Å². The van der Waals surface area contributed by atoms with Gasteiger partial charge in [-0.25, -0.2) is 0 Å². The van der Waals surface area contributed by atoms with Crippen LogP contribution in [0.25, 0.3) is 0 Å². The van der Waals surface area contributed by atoms with E-state index in [0.717, 1.165) is 19.3 Å². The van der Waals surface area contributed by atoms with Crippen molar-refractivity contribution in [3.8, 4) is 0 Å². The minimum Gasteiger partial charge on any atom is -0.465 e. The van der Waals surface area contributed by atoms with E-state index in [-0.39, 0.29) is 11.9 Å². The monoisotopic (exact) mass is 210 g/mol. The Kier molecular flexibility index (Phi) is 3.41. The van der Waals surface area contributed by atoms with Crippen LogP contribution in [0.15, 0.2) is 12.2 Å². The van der Waals surface area contributed by atoms with Crippen LogP contribution in [-0.4, -0.2) is 26.3 Å². The van der Waals surface area contributed by atoms with Gasteiger partial charge < -0.3 is 9.47 Å². The van der Waals surface area contributed by atoms with Gasteiger partial charge in [-0.05, 0) is 24.7 Å². The third kappa shape index (κ3) is 2.40. The predicted octanol–water partition coefficient (Wildman–Crippen LogP) is 1.78. The Morgan fingerprint density at radius 3 is 2.80 bits per heavy atom. The van der Waals surface area contributed by atoms with Gasteiger partial charge in [-0.2, -0.15) is 0 Å². The van der Waals surface area contributed by atoms with Gasteiger partial charge in [0.05, 0.1) is 12.5 Å². The molecule has 15 heavy (non-hydrogen) atoms. The molecule has 0 radical (unpaired) electrons. The highest BCUT2D eigenvalue weighted by molar-refractivity contribution is 5.74. The second-order valence-corrected chi connectivity index (χ2v) is 4.40. The Bertz CT molecular complexity index is 260. The standard InChI is InChI=1S/C12H18O3/c1-14-5-2-6-15-12(13)11-8-9-3-4-10(11)7-9/h3-4,9-11H,2,5-8H2,1H3/t9?,10?,11-/m1/s1. The van der Waals surface area contributed by atoms with Gasteiger partial charge in [0.2, 0.25) is 0 Å². The van der Waals surface area contributed by atoms with Crippen LogP contribution in [0.5, 0.6) is 0 Å². The average Bonchev–Trinajstić information content (AvgIpc) is 2.85. The molecule has 84 valence electrons. The van der Waals surface area contributed by atoms with E-state index in [1.807, 2.05) is 0 Å². The number of ether oxygens (including phenoxy) is 2. The van der Waals surface area contributed by atoms with E-state index in [9.17, 15) is 4.79 Å². The number of esters is 1. The zero-order chi connectivity index (χ0) is 10.7. The Morgan fingerprint density at radius 2 is 2.20 bits per heavy atom. The van der Waals surface area contributed by atoms with Gasteiger partial charge in [0.25, 0.3) is 0 Å². The van der Waals surface area contributed by atoms with Crippen LogP contribution in [0.4, 0.5) is 0 Å². The molecule has 0 aromatic carbocycles. The van der Waals surface area contributed by atoms with Crippen molar-refractivity contribution in [3.63, 3.8) is 0 Å². The number of hydrogen-bond donors (Lipinski definition) is 0. The predicted molar refractivity (Wildman–Crippen MR) is 56.3 cm³/mol. The highest BCUT2D eigenvalue weighted by Crippen LogP contribution is 2.43. The van der Waals surface area contributed by atoms with Crippen molar-refractivity contribution in [1.29, 1.82) is 0 Å². The van der Waals surface area contributed by atoms with E-state index in [0.29, 0.717) is 25.0 Å². The summed E-state index contributed by atoms with van der Waals surface area (Å²) >= 11 is 0. The lowest BCUT2D eigenvalue weighted by atomic mass is 9.94. The molecule has 3 atom stereocenters. The smallest absolute Gasteiger partial charge is 0.309 e. The largest absolute Gasteiger partial charge is 0.465 e. The summed E-state index contributed by atoms with van der Waals surface area (Å²) < 4.78 is 10.1. The van der Waals surface area contributed by atoms with Gasteiger partial charge in [-0.15, -0.1) is 0 Å². The number of hydrogen-bond acceptors (Lipinski definition) is 3. The molecule has 2 bridgehead atoms. The van der Waals surface area contributed by atoms with Crippen molar-refractivity contribution in [3.05, 3.63) is 12.2 Å². The SMILES string of the molecule is COCCCOC(=O)[C@@H]1CC2C=CC1C2.